The molecular weight excluding hydrogens is 314 g/mol. The molecule has 8 N–H and O–H groups in total. The maximum absolute atomic E-state index is 8.43. The number of nitrogens with one attached hydrogen (secondary N) is 4. The number of anilines is 2. The highest BCUT2D eigenvalue weighted by Gasteiger charge is 2.28. The molecule has 0 saturated heterocycles. The van der Waals surface area contributed by atoms with Crippen LogP contribution in [0.4, 0.5) is 11.4 Å². The van der Waals surface area contributed by atoms with Crippen LogP contribution in [0.2, 0.25) is 0 Å². The van der Waals surface area contributed by atoms with E-state index in [4.69, 9.17) is 16.9 Å². The fourth-order valence-corrected chi connectivity index (χ4v) is 2.90. The van der Waals surface area contributed by atoms with Gasteiger partial charge in [-0.25, -0.2) is 10.4 Å². The molecule has 7 heteroatoms. The van der Waals surface area contributed by atoms with Gasteiger partial charge in [0, 0.05) is 0 Å². The van der Waals surface area contributed by atoms with Crippen LogP contribution in [0.3, 0.4) is 0 Å². The van der Waals surface area contributed by atoms with Crippen molar-refractivity contribution in [2.75, 3.05) is 10.6 Å². The fourth-order valence-electron chi connectivity index (χ4n) is 2.90. The highest BCUT2D eigenvalue weighted by molar-refractivity contribution is 5.99. The van der Waals surface area contributed by atoms with Gasteiger partial charge in [0.05, 0.1) is 17.4 Å². The van der Waals surface area contributed by atoms with E-state index in [0.29, 0.717) is 11.6 Å². The third kappa shape index (κ3) is 2.66. The lowest BCUT2D eigenvalue weighted by Gasteiger charge is -2.23. The summed E-state index contributed by atoms with van der Waals surface area (Å²) in [6.45, 7) is 0. The monoisotopic (exact) mass is 333 g/mol. The molecule has 2 aromatic rings. The summed E-state index contributed by atoms with van der Waals surface area (Å²) >= 11 is 0. The fraction of sp³-hybridized carbons (Fsp3) is 0.0556. The molecule has 0 amide bonds. The van der Waals surface area contributed by atoms with Crippen LogP contribution in [0, 0.1) is 5.41 Å². The Balaban J connectivity index is 1.54. The summed E-state index contributed by atoms with van der Waals surface area (Å²) in [6, 6.07) is 17.6. The number of hydrogen-bond acceptors (Lipinski definition) is 6. The Kier molecular flexibility index (Phi) is 3.55. The van der Waals surface area contributed by atoms with Gasteiger partial charge in [0.15, 0.2) is 5.84 Å². The average molecular weight is 333 g/mol. The maximum atomic E-state index is 8.43. The summed E-state index contributed by atoms with van der Waals surface area (Å²) < 4.78 is 0. The van der Waals surface area contributed by atoms with E-state index in [0.717, 1.165) is 16.9 Å². The molecule has 126 valence electrons. The number of para-hydroxylation sites is 2. The molecule has 1 unspecified atom stereocenters. The minimum Gasteiger partial charge on any atom is -0.393 e. The lowest BCUT2D eigenvalue weighted by Crippen LogP contribution is -2.43. The lowest BCUT2D eigenvalue weighted by molar-refractivity contribution is 0.380. The molecule has 0 aromatic heterocycles. The summed E-state index contributed by atoms with van der Waals surface area (Å²) in [5.41, 5.74) is 18.7. The second-order valence-electron chi connectivity index (χ2n) is 5.88. The SMILES string of the molecule is N=C(C(N)=C1Nc2ccccc2N1)N1NC(c2ccccc2)C=C1N. The topological polar surface area (TPSA) is 115 Å². The average Bonchev–Trinajstić information content (AvgIpc) is 3.25. The Morgan fingerprint density at radius 2 is 1.56 bits per heavy atom. The molecule has 0 spiro atoms. The minimum absolute atomic E-state index is 0.0787. The third-order valence-electron chi connectivity index (χ3n) is 4.22. The van der Waals surface area contributed by atoms with E-state index in [2.05, 4.69) is 16.1 Å². The van der Waals surface area contributed by atoms with E-state index < -0.39 is 0 Å². The molecule has 4 rings (SSSR count). The molecule has 25 heavy (non-hydrogen) atoms. The Morgan fingerprint density at radius 1 is 0.960 bits per heavy atom. The van der Waals surface area contributed by atoms with Crippen molar-refractivity contribution in [2.45, 2.75) is 6.04 Å². The number of amidine groups is 1. The lowest BCUT2D eigenvalue weighted by atomic mass is 10.1. The van der Waals surface area contributed by atoms with Gasteiger partial charge in [-0.1, -0.05) is 42.5 Å². The van der Waals surface area contributed by atoms with Gasteiger partial charge in [-0.2, -0.15) is 0 Å². The molecule has 2 heterocycles. The van der Waals surface area contributed by atoms with Crippen molar-refractivity contribution >= 4 is 17.2 Å². The Morgan fingerprint density at radius 3 is 2.20 bits per heavy atom. The van der Waals surface area contributed by atoms with E-state index in [1.54, 1.807) is 0 Å². The number of nitrogens with two attached hydrogens (primary N) is 2. The van der Waals surface area contributed by atoms with E-state index in [1.807, 2.05) is 60.7 Å². The maximum Gasteiger partial charge on any atom is 0.168 e. The number of nitrogens with zero attached hydrogens (tertiary/aromatic N) is 1. The van der Waals surface area contributed by atoms with Crippen LogP contribution < -0.4 is 27.5 Å². The second kappa shape index (κ2) is 5.88. The molecule has 0 fully saturated rings. The zero-order chi connectivity index (χ0) is 17.4. The summed E-state index contributed by atoms with van der Waals surface area (Å²) in [7, 11) is 0. The van der Waals surface area contributed by atoms with Crippen molar-refractivity contribution in [2.24, 2.45) is 11.5 Å². The predicted octanol–water partition coefficient (Wildman–Crippen LogP) is 1.99. The zero-order valence-electron chi connectivity index (χ0n) is 13.5. The van der Waals surface area contributed by atoms with Crippen LogP contribution in [0.15, 0.2) is 78.0 Å². The molecule has 0 saturated carbocycles. The molecule has 7 nitrogen and oxygen atoms in total. The van der Waals surface area contributed by atoms with Gasteiger partial charge in [0.2, 0.25) is 0 Å². The number of hydrogen-bond donors (Lipinski definition) is 6. The van der Waals surface area contributed by atoms with E-state index >= 15 is 0 Å². The van der Waals surface area contributed by atoms with Gasteiger partial charge in [0.25, 0.3) is 0 Å². The first-order valence-electron chi connectivity index (χ1n) is 7.94. The van der Waals surface area contributed by atoms with E-state index in [-0.39, 0.29) is 17.6 Å². The summed E-state index contributed by atoms with van der Waals surface area (Å²) in [5, 5.41) is 16.3. The zero-order valence-corrected chi connectivity index (χ0v) is 13.5. The van der Waals surface area contributed by atoms with Crippen molar-refractivity contribution in [1.29, 1.82) is 5.41 Å². The van der Waals surface area contributed by atoms with Crippen molar-refractivity contribution < 1.29 is 0 Å². The van der Waals surface area contributed by atoms with Crippen molar-refractivity contribution in [3.63, 3.8) is 0 Å². The van der Waals surface area contributed by atoms with Crippen LogP contribution in [-0.4, -0.2) is 10.8 Å². The molecule has 2 aromatic carbocycles. The van der Waals surface area contributed by atoms with Gasteiger partial charge in [-0.15, -0.1) is 0 Å². The van der Waals surface area contributed by atoms with Crippen LogP contribution in [0.25, 0.3) is 0 Å². The van der Waals surface area contributed by atoms with Gasteiger partial charge in [-0.3, -0.25) is 5.41 Å². The predicted molar refractivity (Wildman–Crippen MR) is 99.1 cm³/mol. The van der Waals surface area contributed by atoms with Crippen molar-refractivity contribution in [3.05, 3.63) is 83.6 Å². The summed E-state index contributed by atoms with van der Waals surface area (Å²) in [4.78, 5) is 0. The van der Waals surface area contributed by atoms with Gasteiger partial charge >= 0.3 is 0 Å². The van der Waals surface area contributed by atoms with Crippen LogP contribution in [-0.2, 0) is 0 Å². The standard InChI is InChI=1S/C18H19N7/c19-15-10-14(11-6-2-1-3-7-11)24-25(15)17(21)16(20)18-22-12-8-4-5-9-13(12)23-18/h1-10,14,21-24H,19-20H2. The first-order chi connectivity index (χ1) is 12.1. The summed E-state index contributed by atoms with van der Waals surface area (Å²) in [5.74, 6) is 1.09. The quantitative estimate of drug-likeness (QED) is 0.370. The Labute approximate surface area is 145 Å². The minimum atomic E-state index is -0.0963. The molecule has 0 radical (unpaired) electrons. The number of rotatable bonds is 2. The Hall–Kier alpha value is -3.45. The second-order valence-corrected chi connectivity index (χ2v) is 5.88. The van der Waals surface area contributed by atoms with Gasteiger partial charge in [0.1, 0.15) is 17.3 Å². The van der Waals surface area contributed by atoms with Crippen LogP contribution >= 0.6 is 0 Å². The largest absolute Gasteiger partial charge is 0.393 e. The normalized spacial score (nSPS) is 18.2. The third-order valence-corrected chi connectivity index (χ3v) is 4.22. The highest BCUT2D eigenvalue weighted by Crippen LogP contribution is 2.31. The highest BCUT2D eigenvalue weighted by atomic mass is 15.6. The number of hydrazine groups is 1. The van der Waals surface area contributed by atoms with Gasteiger partial charge < -0.3 is 22.1 Å². The van der Waals surface area contributed by atoms with Crippen molar-refractivity contribution in [1.82, 2.24) is 10.4 Å². The molecule has 2 aliphatic rings. The number of benzene rings is 2. The first-order valence-corrected chi connectivity index (χ1v) is 7.94. The smallest absolute Gasteiger partial charge is 0.168 e. The van der Waals surface area contributed by atoms with E-state index in [1.165, 1.54) is 5.01 Å². The Bertz CT molecular complexity index is 858. The van der Waals surface area contributed by atoms with Gasteiger partial charge in [-0.05, 0) is 23.8 Å². The van der Waals surface area contributed by atoms with Crippen molar-refractivity contribution in [3.8, 4) is 0 Å². The molecule has 2 aliphatic heterocycles. The molecule has 0 aliphatic carbocycles. The molecule has 0 bridgehead atoms. The first kappa shape index (κ1) is 15.1. The van der Waals surface area contributed by atoms with Crippen LogP contribution in [0.1, 0.15) is 11.6 Å². The van der Waals surface area contributed by atoms with E-state index in [9.17, 15) is 0 Å². The van der Waals surface area contributed by atoms with Crippen LogP contribution in [0.5, 0.6) is 0 Å². The molecule has 1 atom stereocenters. The number of fused-ring (bicyclic) bond motifs is 1. The molecular formula is C18H19N7. The summed E-state index contributed by atoms with van der Waals surface area (Å²) in [6.07, 6.45) is 1.87.